The third kappa shape index (κ3) is 2.44. The van der Waals surface area contributed by atoms with Crippen molar-refractivity contribution in [1.82, 2.24) is 4.72 Å². The first kappa shape index (κ1) is 13.5. The van der Waals surface area contributed by atoms with E-state index in [1.54, 1.807) is 12.1 Å². The molecule has 2 aromatic rings. The van der Waals surface area contributed by atoms with Crippen LogP contribution in [0, 0.1) is 0 Å². The summed E-state index contributed by atoms with van der Waals surface area (Å²) >= 11 is 0. The zero-order valence-electron chi connectivity index (χ0n) is 11.3. The van der Waals surface area contributed by atoms with E-state index in [4.69, 9.17) is 4.74 Å². The van der Waals surface area contributed by atoms with E-state index in [0.717, 1.165) is 10.8 Å². The van der Waals surface area contributed by atoms with E-state index in [2.05, 4.69) is 4.72 Å². The average molecular weight is 291 g/mol. The lowest BCUT2D eigenvalue weighted by atomic mass is 10.0. The lowest BCUT2D eigenvalue weighted by Crippen LogP contribution is -2.46. The monoisotopic (exact) mass is 291 g/mol. The molecule has 1 atom stereocenters. The molecule has 1 heterocycles. The topological polar surface area (TPSA) is 55.4 Å². The van der Waals surface area contributed by atoms with Crippen molar-refractivity contribution in [2.75, 3.05) is 13.2 Å². The normalized spacial score (nSPS) is 23.2. The van der Waals surface area contributed by atoms with Crippen LogP contribution in [0.2, 0.25) is 0 Å². The van der Waals surface area contributed by atoms with Crippen molar-refractivity contribution < 1.29 is 13.2 Å². The first-order valence-corrected chi connectivity index (χ1v) is 8.08. The van der Waals surface area contributed by atoms with E-state index in [1.807, 2.05) is 37.3 Å². The second kappa shape index (κ2) is 4.84. The van der Waals surface area contributed by atoms with Crippen LogP contribution in [0.25, 0.3) is 10.8 Å². The number of benzene rings is 2. The predicted molar refractivity (Wildman–Crippen MR) is 78.1 cm³/mol. The van der Waals surface area contributed by atoms with Gasteiger partial charge in [-0.15, -0.1) is 0 Å². The summed E-state index contributed by atoms with van der Waals surface area (Å²) in [6.45, 7) is 2.88. The quantitative estimate of drug-likeness (QED) is 0.944. The fourth-order valence-electron chi connectivity index (χ4n) is 2.56. The van der Waals surface area contributed by atoms with E-state index in [0.29, 0.717) is 24.5 Å². The van der Waals surface area contributed by atoms with Gasteiger partial charge in [0.15, 0.2) is 0 Å². The molecular formula is C15H17NO3S. The van der Waals surface area contributed by atoms with Gasteiger partial charge >= 0.3 is 0 Å². The molecule has 1 unspecified atom stereocenters. The van der Waals surface area contributed by atoms with Crippen LogP contribution in [-0.2, 0) is 14.8 Å². The van der Waals surface area contributed by atoms with Crippen LogP contribution in [0.5, 0.6) is 0 Å². The molecule has 0 bridgehead atoms. The smallest absolute Gasteiger partial charge is 0.241 e. The van der Waals surface area contributed by atoms with Gasteiger partial charge in [0.1, 0.15) is 0 Å². The first-order valence-electron chi connectivity index (χ1n) is 6.60. The minimum atomic E-state index is -3.56. The van der Waals surface area contributed by atoms with Crippen molar-refractivity contribution in [2.24, 2.45) is 0 Å². The molecule has 106 valence electrons. The number of ether oxygens (including phenoxy) is 1. The Hall–Kier alpha value is -1.43. The minimum Gasteiger partial charge on any atom is -0.379 e. The Morgan fingerprint density at radius 1 is 1.15 bits per heavy atom. The zero-order valence-corrected chi connectivity index (χ0v) is 12.1. The summed E-state index contributed by atoms with van der Waals surface area (Å²) in [5.74, 6) is 0. The Labute approximate surface area is 118 Å². The molecule has 1 N–H and O–H groups in total. The molecule has 3 rings (SSSR count). The Kier molecular flexibility index (Phi) is 3.28. The molecule has 0 radical (unpaired) electrons. The molecule has 0 spiro atoms. The number of rotatable bonds is 3. The number of hydrogen-bond donors (Lipinski definition) is 1. The van der Waals surface area contributed by atoms with Gasteiger partial charge in [-0.25, -0.2) is 13.1 Å². The van der Waals surface area contributed by atoms with E-state index in [9.17, 15) is 8.42 Å². The summed E-state index contributed by atoms with van der Waals surface area (Å²) in [6, 6.07) is 12.8. The van der Waals surface area contributed by atoms with E-state index >= 15 is 0 Å². The molecule has 4 nitrogen and oxygen atoms in total. The van der Waals surface area contributed by atoms with Crippen molar-refractivity contribution in [1.29, 1.82) is 0 Å². The molecule has 1 aliphatic rings. The lowest BCUT2D eigenvalue weighted by molar-refractivity contribution is 0.178. The van der Waals surface area contributed by atoms with Crippen LogP contribution in [0.1, 0.15) is 13.3 Å². The zero-order chi connectivity index (χ0) is 14.2. The first-order chi connectivity index (χ1) is 9.50. The van der Waals surface area contributed by atoms with Gasteiger partial charge in [0.2, 0.25) is 10.0 Å². The summed E-state index contributed by atoms with van der Waals surface area (Å²) in [6.07, 6.45) is 0.691. The largest absolute Gasteiger partial charge is 0.379 e. The molecule has 1 saturated heterocycles. The molecule has 5 heteroatoms. The molecule has 0 amide bonds. The summed E-state index contributed by atoms with van der Waals surface area (Å²) in [5.41, 5.74) is -0.518. The third-order valence-electron chi connectivity index (χ3n) is 3.64. The van der Waals surface area contributed by atoms with Crippen molar-refractivity contribution in [3.63, 3.8) is 0 Å². The average Bonchev–Trinajstić information content (AvgIpc) is 2.83. The van der Waals surface area contributed by atoms with Gasteiger partial charge in [0.05, 0.1) is 17.0 Å². The SMILES string of the molecule is CC1(NS(=O)(=O)c2cccc3ccccc23)CCOC1. The maximum atomic E-state index is 12.6. The third-order valence-corrected chi connectivity index (χ3v) is 5.34. The number of fused-ring (bicyclic) bond motifs is 1. The second-order valence-electron chi connectivity index (χ2n) is 5.45. The molecule has 0 aliphatic carbocycles. The van der Waals surface area contributed by atoms with Gasteiger partial charge in [-0.05, 0) is 24.8 Å². The number of nitrogens with one attached hydrogen (secondary N) is 1. The molecule has 0 aromatic heterocycles. The highest BCUT2D eigenvalue weighted by Gasteiger charge is 2.35. The predicted octanol–water partition coefficient (Wildman–Crippen LogP) is 2.30. The summed E-state index contributed by atoms with van der Waals surface area (Å²) in [7, 11) is -3.56. The summed E-state index contributed by atoms with van der Waals surface area (Å²) in [5, 5.41) is 1.66. The van der Waals surface area contributed by atoms with Crippen LogP contribution in [0.4, 0.5) is 0 Å². The highest BCUT2D eigenvalue weighted by atomic mass is 32.2. The van der Waals surface area contributed by atoms with Gasteiger partial charge in [-0.1, -0.05) is 36.4 Å². The molecule has 2 aromatic carbocycles. The van der Waals surface area contributed by atoms with Gasteiger partial charge in [-0.3, -0.25) is 0 Å². The van der Waals surface area contributed by atoms with Gasteiger partial charge in [0, 0.05) is 12.0 Å². The van der Waals surface area contributed by atoms with E-state index in [1.165, 1.54) is 0 Å². The van der Waals surface area contributed by atoms with Crippen molar-refractivity contribution >= 4 is 20.8 Å². The van der Waals surface area contributed by atoms with Gasteiger partial charge in [0.25, 0.3) is 0 Å². The molecule has 0 saturated carbocycles. The lowest BCUT2D eigenvalue weighted by Gasteiger charge is -2.23. The molecular weight excluding hydrogens is 274 g/mol. The Morgan fingerprint density at radius 2 is 1.90 bits per heavy atom. The Morgan fingerprint density at radius 3 is 2.65 bits per heavy atom. The van der Waals surface area contributed by atoms with E-state index in [-0.39, 0.29) is 0 Å². The summed E-state index contributed by atoms with van der Waals surface area (Å²) < 4.78 is 33.4. The fraction of sp³-hybridized carbons (Fsp3) is 0.333. The maximum Gasteiger partial charge on any atom is 0.241 e. The van der Waals surface area contributed by atoms with Gasteiger partial charge < -0.3 is 4.74 Å². The van der Waals surface area contributed by atoms with Crippen LogP contribution < -0.4 is 4.72 Å². The van der Waals surface area contributed by atoms with Crippen LogP contribution in [0.15, 0.2) is 47.4 Å². The molecule has 1 aliphatic heterocycles. The maximum absolute atomic E-state index is 12.6. The standard InChI is InChI=1S/C15H17NO3S/c1-15(9-10-19-11-15)16-20(17,18)14-8-4-6-12-5-2-3-7-13(12)14/h2-8,16H,9-11H2,1H3. The fourth-order valence-corrected chi connectivity index (χ4v) is 4.21. The van der Waals surface area contributed by atoms with Crippen molar-refractivity contribution in [3.05, 3.63) is 42.5 Å². The highest BCUT2D eigenvalue weighted by Crippen LogP contribution is 2.26. The van der Waals surface area contributed by atoms with Crippen LogP contribution in [0.3, 0.4) is 0 Å². The van der Waals surface area contributed by atoms with Crippen molar-refractivity contribution in [3.8, 4) is 0 Å². The molecule has 1 fully saturated rings. The van der Waals surface area contributed by atoms with Crippen molar-refractivity contribution in [2.45, 2.75) is 23.8 Å². The Bertz CT molecular complexity index is 728. The number of sulfonamides is 1. The van der Waals surface area contributed by atoms with Gasteiger partial charge in [-0.2, -0.15) is 0 Å². The Balaban J connectivity index is 2.05. The second-order valence-corrected chi connectivity index (χ2v) is 7.10. The molecule has 20 heavy (non-hydrogen) atoms. The summed E-state index contributed by atoms with van der Waals surface area (Å²) in [4.78, 5) is 0.323. The van der Waals surface area contributed by atoms with Crippen LogP contribution in [-0.4, -0.2) is 27.2 Å². The van der Waals surface area contributed by atoms with E-state index < -0.39 is 15.6 Å². The number of hydrogen-bond acceptors (Lipinski definition) is 3. The van der Waals surface area contributed by atoms with Crippen LogP contribution >= 0.6 is 0 Å². The minimum absolute atomic E-state index is 0.323. The highest BCUT2D eigenvalue weighted by molar-refractivity contribution is 7.89.